The van der Waals surface area contributed by atoms with Gasteiger partial charge in [0.25, 0.3) is 0 Å². The predicted octanol–water partition coefficient (Wildman–Crippen LogP) is 3.00. The molecule has 0 saturated heterocycles. The molecule has 1 unspecified atom stereocenters. The van der Waals surface area contributed by atoms with E-state index in [0.29, 0.717) is 31.6 Å². The molecule has 0 amide bonds. The number of hydrogen-bond acceptors (Lipinski definition) is 4. The van der Waals surface area contributed by atoms with Crippen LogP contribution in [0.4, 0.5) is 0 Å². The lowest BCUT2D eigenvalue weighted by Gasteiger charge is -2.16. The van der Waals surface area contributed by atoms with Gasteiger partial charge in [-0.25, -0.2) is 9.98 Å². The molecule has 1 aromatic heterocycles. The quantitative estimate of drug-likeness (QED) is 0.497. The molecule has 2 aromatic rings. The summed E-state index contributed by atoms with van der Waals surface area (Å²) in [5.41, 5.74) is 2.23. The molecule has 0 aliphatic carbocycles. The van der Waals surface area contributed by atoms with E-state index in [-0.39, 0.29) is 0 Å². The van der Waals surface area contributed by atoms with E-state index < -0.39 is 0 Å². The zero-order valence-electron chi connectivity index (χ0n) is 16.4. The van der Waals surface area contributed by atoms with E-state index in [1.807, 2.05) is 30.3 Å². The molecule has 0 spiro atoms. The predicted molar refractivity (Wildman–Crippen MR) is 109 cm³/mol. The Bertz CT molecular complexity index is 674. The number of methoxy groups -OCH3 is 1. The monoisotopic (exact) mass is 370 g/mol. The molecule has 1 atom stereocenters. The fourth-order valence-corrected chi connectivity index (χ4v) is 2.42. The zero-order valence-corrected chi connectivity index (χ0v) is 16.4. The van der Waals surface area contributed by atoms with Crippen molar-refractivity contribution in [3.63, 3.8) is 0 Å². The van der Waals surface area contributed by atoms with Gasteiger partial charge in [0.15, 0.2) is 5.96 Å². The van der Waals surface area contributed by atoms with Gasteiger partial charge in [-0.05, 0) is 24.0 Å². The summed E-state index contributed by atoms with van der Waals surface area (Å²) in [4.78, 5) is 8.82. The van der Waals surface area contributed by atoms with Gasteiger partial charge >= 0.3 is 0 Å². The van der Waals surface area contributed by atoms with E-state index in [0.717, 1.165) is 24.6 Å². The number of ether oxygens (including phenoxy) is 2. The zero-order chi connectivity index (χ0) is 19.3. The van der Waals surface area contributed by atoms with Crippen molar-refractivity contribution >= 4 is 5.96 Å². The third-order valence-corrected chi connectivity index (χ3v) is 3.90. The van der Waals surface area contributed by atoms with Gasteiger partial charge in [-0.15, -0.1) is 0 Å². The molecule has 146 valence electrons. The van der Waals surface area contributed by atoms with Crippen LogP contribution >= 0.6 is 0 Å². The molecule has 0 aliphatic rings. The molecule has 0 radical (unpaired) electrons. The van der Waals surface area contributed by atoms with E-state index in [1.54, 1.807) is 13.3 Å². The third kappa shape index (κ3) is 8.09. The average molecular weight is 370 g/mol. The Morgan fingerprint density at radius 3 is 2.59 bits per heavy atom. The lowest BCUT2D eigenvalue weighted by Crippen LogP contribution is -2.40. The molecule has 2 rings (SSSR count). The highest BCUT2D eigenvalue weighted by atomic mass is 16.5. The molecule has 2 N–H and O–H groups in total. The first-order valence-corrected chi connectivity index (χ1v) is 9.34. The third-order valence-electron chi connectivity index (χ3n) is 3.90. The first-order valence-electron chi connectivity index (χ1n) is 9.34. The smallest absolute Gasteiger partial charge is 0.212 e. The van der Waals surface area contributed by atoms with Gasteiger partial charge in [0.2, 0.25) is 5.88 Å². The van der Waals surface area contributed by atoms with E-state index in [1.165, 1.54) is 5.56 Å². The second kappa shape index (κ2) is 11.9. The van der Waals surface area contributed by atoms with E-state index in [2.05, 4.69) is 46.6 Å². The normalized spacial score (nSPS) is 12.5. The largest absolute Gasteiger partial charge is 0.481 e. The Morgan fingerprint density at radius 2 is 1.93 bits per heavy atom. The highest BCUT2D eigenvalue weighted by molar-refractivity contribution is 5.79. The van der Waals surface area contributed by atoms with E-state index in [4.69, 9.17) is 9.47 Å². The van der Waals surface area contributed by atoms with Crippen LogP contribution in [-0.4, -0.2) is 37.7 Å². The Balaban J connectivity index is 1.74. The molecule has 0 bridgehead atoms. The second-order valence-electron chi connectivity index (χ2n) is 6.39. The minimum atomic E-state index is 0.375. The minimum absolute atomic E-state index is 0.375. The van der Waals surface area contributed by atoms with Crippen LogP contribution in [0.5, 0.6) is 5.88 Å². The Kier molecular flexibility index (Phi) is 9.13. The molecule has 6 nitrogen and oxygen atoms in total. The lowest BCUT2D eigenvalue weighted by atomic mass is 10.2. The summed E-state index contributed by atoms with van der Waals surface area (Å²) in [5, 5.41) is 6.64. The molecule has 0 saturated carbocycles. The van der Waals surface area contributed by atoms with Gasteiger partial charge in [-0.1, -0.05) is 43.3 Å². The number of benzene rings is 1. The van der Waals surface area contributed by atoms with Crippen LogP contribution < -0.4 is 15.4 Å². The van der Waals surface area contributed by atoms with Crippen molar-refractivity contribution in [3.05, 3.63) is 59.8 Å². The van der Waals surface area contributed by atoms with Gasteiger partial charge in [0.1, 0.15) is 0 Å². The van der Waals surface area contributed by atoms with Gasteiger partial charge < -0.3 is 20.1 Å². The van der Waals surface area contributed by atoms with Crippen LogP contribution in [0.3, 0.4) is 0 Å². The Morgan fingerprint density at radius 1 is 1.11 bits per heavy atom. The van der Waals surface area contributed by atoms with Crippen LogP contribution in [0.1, 0.15) is 25.0 Å². The van der Waals surface area contributed by atoms with E-state index >= 15 is 0 Å². The highest BCUT2D eigenvalue weighted by Crippen LogP contribution is 2.07. The summed E-state index contributed by atoms with van der Waals surface area (Å²) in [5.74, 6) is 1.78. The van der Waals surface area contributed by atoms with Crippen LogP contribution in [-0.2, 0) is 17.9 Å². The summed E-state index contributed by atoms with van der Waals surface area (Å²) in [6, 6.07) is 14.0. The average Bonchev–Trinajstić information content (AvgIpc) is 2.71. The summed E-state index contributed by atoms with van der Waals surface area (Å²) < 4.78 is 10.9. The molecule has 0 fully saturated rings. The van der Waals surface area contributed by atoms with Crippen molar-refractivity contribution in [2.24, 2.45) is 10.9 Å². The number of aliphatic imine (C=N–C) groups is 1. The maximum Gasteiger partial charge on any atom is 0.212 e. The van der Waals surface area contributed by atoms with Gasteiger partial charge in [0.05, 0.1) is 26.9 Å². The van der Waals surface area contributed by atoms with Crippen LogP contribution in [0.15, 0.2) is 53.7 Å². The fourth-order valence-electron chi connectivity index (χ4n) is 2.42. The van der Waals surface area contributed by atoms with Crippen molar-refractivity contribution in [1.29, 1.82) is 0 Å². The highest BCUT2D eigenvalue weighted by Gasteiger charge is 2.05. The maximum atomic E-state index is 5.80. The van der Waals surface area contributed by atoms with Gasteiger partial charge in [-0.2, -0.15) is 0 Å². The van der Waals surface area contributed by atoms with Crippen molar-refractivity contribution in [1.82, 2.24) is 15.6 Å². The molecule has 1 heterocycles. The van der Waals surface area contributed by atoms with Crippen molar-refractivity contribution in [2.45, 2.75) is 27.0 Å². The van der Waals surface area contributed by atoms with Crippen molar-refractivity contribution < 1.29 is 9.47 Å². The lowest BCUT2D eigenvalue weighted by molar-refractivity contribution is 0.0931. The Labute approximate surface area is 162 Å². The molecular formula is C21H30N4O2. The van der Waals surface area contributed by atoms with Crippen LogP contribution in [0, 0.1) is 5.92 Å². The van der Waals surface area contributed by atoms with Crippen LogP contribution in [0.2, 0.25) is 0 Å². The van der Waals surface area contributed by atoms with E-state index in [9.17, 15) is 0 Å². The number of aromatic nitrogens is 1. The summed E-state index contributed by atoms with van der Waals surface area (Å²) in [7, 11) is 1.61. The standard InChI is InChI=1S/C21H30N4O2/c1-4-22-21(25-14-19-10-11-20(26-3)23-13-19)24-12-17(2)15-27-16-18-8-6-5-7-9-18/h5-11,13,17H,4,12,14-16H2,1-3H3,(H2,22,24,25). The van der Waals surface area contributed by atoms with Gasteiger partial charge in [-0.3, -0.25) is 0 Å². The number of hydrogen-bond donors (Lipinski definition) is 2. The van der Waals surface area contributed by atoms with Crippen molar-refractivity contribution in [2.75, 3.05) is 26.8 Å². The molecule has 6 heteroatoms. The molecular weight excluding hydrogens is 340 g/mol. The minimum Gasteiger partial charge on any atom is -0.481 e. The fraction of sp³-hybridized carbons (Fsp3) is 0.429. The van der Waals surface area contributed by atoms with Crippen molar-refractivity contribution in [3.8, 4) is 5.88 Å². The molecule has 1 aromatic carbocycles. The topological polar surface area (TPSA) is 67.8 Å². The summed E-state index contributed by atoms with van der Waals surface area (Å²) >= 11 is 0. The summed E-state index contributed by atoms with van der Waals surface area (Å²) in [6.45, 7) is 7.72. The SMILES string of the molecule is CCNC(=NCc1ccc(OC)nc1)NCC(C)COCc1ccccc1. The molecule has 27 heavy (non-hydrogen) atoms. The number of nitrogens with zero attached hydrogens (tertiary/aromatic N) is 2. The Hall–Kier alpha value is -2.60. The maximum absolute atomic E-state index is 5.80. The first-order chi connectivity index (χ1) is 13.2. The van der Waals surface area contributed by atoms with Crippen LogP contribution in [0.25, 0.3) is 0 Å². The summed E-state index contributed by atoms with van der Waals surface area (Å²) in [6.07, 6.45) is 1.78. The first kappa shape index (κ1) is 20.7. The number of pyridine rings is 1. The van der Waals surface area contributed by atoms with Gasteiger partial charge in [0, 0.05) is 25.4 Å². The number of nitrogens with one attached hydrogen (secondary N) is 2. The number of guanidine groups is 1. The molecule has 0 aliphatic heterocycles. The second-order valence-corrected chi connectivity index (χ2v) is 6.39. The number of rotatable bonds is 10.